The number of halogens is 8. The lowest BCUT2D eigenvalue weighted by Crippen LogP contribution is -2.58. The first kappa shape index (κ1) is 29.4. The Hall–Kier alpha value is 1.44. The zero-order valence-electron chi connectivity index (χ0n) is 16.9. The minimum atomic E-state index is -5.63. The van der Waals surface area contributed by atoms with Crippen LogP contribution < -0.4 is 0 Å². The normalized spacial score (nSPS) is 15.9. The summed E-state index contributed by atoms with van der Waals surface area (Å²) >= 11 is 17.3. The van der Waals surface area contributed by atoms with Gasteiger partial charge >= 0.3 is 44.0 Å². The maximum absolute atomic E-state index is 13.5. The van der Waals surface area contributed by atoms with Gasteiger partial charge < -0.3 is 16.5 Å². The molecule has 0 amide bonds. The summed E-state index contributed by atoms with van der Waals surface area (Å²) in [6.07, 6.45) is -9.04. The monoisotopic (exact) mass is 562 g/mol. The topological polar surface area (TPSA) is 36.9 Å². The predicted molar refractivity (Wildman–Crippen MR) is 113 cm³/mol. The number of hydrogen-bond acceptors (Lipinski definition) is 4. The van der Waals surface area contributed by atoms with Gasteiger partial charge in [-0.3, -0.25) is 0 Å². The predicted octanol–water partition coefficient (Wildman–Crippen LogP) is 6.71. The van der Waals surface area contributed by atoms with E-state index in [0.717, 1.165) is 0 Å². The first-order valence-corrected chi connectivity index (χ1v) is 24.6. The Bertz CT molecular complexity index is 544. The van der Waals surface area contributed by atoms with E-state index in [-0.39, 0.29) is 0 Å². The van der Waals surface area contributed by atoms with Crippen molar-refractivity contribution in [3.8, 4) is 0 Å². The van der Waals surface area contributed by atoms with Gasteiger partial charge in [-0.25, -0.2) is 0 Å². The lowest BCUT2D eigenvalue weighted by molar-refractivity contribution is -0.274. The van der Waals surface area contributed by atoms with Gasteiger partial charge in [0.25, 0.3) is 0 Å². The molecule has 0 aromatic rings. The van der Waals surface area contributed by atoms with Crippen LogP contribution in [0.15, 0.2) is 0 Å². The van der Waals surface area contributed by atoms with Crippen molar-refractivity contribution in [2.75, 3.05) is 0 Å². The van der Waals surface area contributed by atoms with Crippen LogP contribution in [0, 0.1) is 0 Å². The van der Waals surface area contributed by atoms with Crippen LogP contribution in [0.1, 0.15) is 0 Å². The van der Waals surface area contributed by atoms with E-state index in [4.69, 9.17) is 49.7 Å². The van der Waals surface area contributed by atoms with E-state index in [1.807, 2.05) is 0 Å². The lowest BCUT2D eigenvalue weighted by atomic mass is 10.4. The SMILES string of the molecule is C[Si](C)(CC(F)(F)C(F)(F)F)O[Si](C)(C)O[Si](C)(C)O[Si](C)(C)O[Si](Cl)(Cl)Cl. The summed E-state index contributed by atoms with van der Waals surface area (Å²) in [5.41, 5.74) is 0. The second-order valence-corrected chi connectivity index (χ2v) is 31.2. The van der Waals surface area contributed by atoms with Crippen molar-refractivity contribution in [2.24, 2.45) is 0 Å². The average molecular weight is 564 g/mol. The molecule has 17 heteroatoms. The lowest BCUT2D eigenvalue weighted by Gasteiger charge is -2.41. The largest absolute Gasteiger partial charge is 0.485 e. The Balaban J connectivity index is 5.20. The van der Waals surface area contributed by atoms with Crippen molar-refractivity contribution < 1.29 is 38.4 Å². The van der Waals surface area contributed by atoms with Gasteiger partial charge in [-0.15, -0.1) is 0 Å². The Morgan fingerprint density at radius 1 is 0.607 bits per heavy atom. The van der Waals surface area contributed by atoms with Gasteiger partial charge in [0.1, 0.15) is 0 Å². The zero-order valence-corrected chi connectivity index (χ0v) is 24.1. The van der Waals surface area contributed by atoms with Crippen LogP contribution in [0.4, 0.5) is 22.0 Å². The molecule has 0 rings (SSSR count). The van der Waals surface area contributed by atoms with Crippen molar-refractivity contribution in [3.05, 3.63) is 0 Å². The molecule has 0 N–H and O–H groups in total. The van der Waals surface area contributed by atoms with E-state index < -0.39 is 58.4 Å². The Kier molecular flexibility index (Phi) is 9.60. The highest BCUT2D eigenvalue weighted by Crippen LogP contribution is 2.42. The zero-order chi connectivity index (χ0) is 23.0. The molecule has 0 aliphatic rings. The number of rotatable bonds is 10. The quantitative estimate of drug-likeness (QED) is 0.168. The van der Waals surface area contributed by atoms with Crippen LogP contribution in [0.3, 0.4) is 0 Å². The molecule has 0 aromatic heterocycles. The van der Waals surface area contributed by atoms with Crippen LogP contribution in [0.2, 0.25) is 58.4 Å². The van der Waals surface area contributed by atoms with Gasteiger partial charge in [0.05, 0.1) is 0 Å². The second-order valence-electron chi connectivity index (χ2n) is 8.19. The molecule has 0 bridgehead atoms. The molecule has 0 heterocycles. The minimum Gasteiger partial charge on any atom is -0.436 e. The first-order valence-electron chi connectivity index (χ1n) is 8.10. The van der Waals surface area contributed by atoms with Gasteiger partial charge in [0.15, 0.2) is 8.32 Å². The van der Waals surface area contributed by atoms with Gasteiger partial charge in [0.2, 0.25) is 0 Å². The molecule has 0 radical (unpaired) electrons. The molecule has 4 nitrogen and oxygen atoms in total. The number of hydrogen-bond donors (Lipinski definition) is 0. The smallest absolute Gasteiger partial charge is 0.436 e. The fraction of sp³-hybridized carbons (Fsp3) is 1.00. The first-order chi connectivity index (χ1) is 11.8. The van der Waals surface area contributed by atoms with E-state index in [1.54, 1.807) is 39.3 Å². The maximum Gasteiger partial charge on any atom is 0.485 e. The molecule has 170 valence electrons. The average Bonchev–Trinajstić information content (AvgIpc) is 2.13. The summed E-state index contributed by atoms with van der Waals surface area (Å²) in [7, 11) is -12.4. The van der Waals surface area contributed by atoms with Gasteiger partial charge in [-0.05, 0) is 52.4 Å². The summed E-state index contributed by atoms with van der Waals surface area (Å²) < 4.78 is 87.7. The molecular formula is C11H26Cl3F5O4Si5. The third-order valence-electron chi connectivity index (χ3n) is 2.93. The summed E-state index contributed by atoms with van der Waals surface area (Å²) in [5, 5.41) is 0. The molecule has 0 saturated heterocycles. The highest BCUT2D eigenvalue weighted by molar-refractivity contribution is 7.62. The molecule has 0 spiro atoms. The minimum absolute atomic E-state index is 1.30. The Morgan fingerprint density at radius 2 is 0.929 bits per heavy atom. The van der Waals surface area contributed by atoms with Gasteiger partial charge in [-0.1, -0.05) is 33.2 Å². The molecule has 0 fully saturated rings. The molecule has 0 aliphatic heterocycles. The molecule has 0 atom stereocenters. The Labute approximate surface area is 182 Å². The van der Waals surface area contributed by atoms with E-state index in [9.17, 15) is 22.0 Å². The standard InChI is InChI=1S/C11H26Cl3F5O4Si5/c1-24(2,9-10(15,16)11(17,18)19)20-25(3,4)21-26(5,6)22-27(7,8)23-28(12,13)14/h9H2,1-8H3. The second kappa shape index (κ2) is 9.13. The third kappa shape index (κ3) is 11.7. The Morgan fingerprint density at radius 3 is 1.25 bits per heavy atom. The van der Waals surface area contributed by atoms with Gasteiger partial charge in [0, 0.05) is 6.04 Å². The van der Waals surface area contributed by atoms with Crippen LogP contribution in [0.5, 0.6) is 0 Å². The molecular weight excluding hydrogens is 538 g/mol. The molecule has 0 aliphatic carbocycles. The number of alkyl halides is 5. The summed E-state index contributed by atoms with van der Waals surface area (Å²) in [4.78, 5) is 0. The molecule has 0 saturated carbocycles. The summed E-state index contributed by atoms with van der Waals surface area (Å²) in [6, 6.07) is -1.39. The fourth-order valence-electron chi connectivity index (χ4n) is 2.86. The highest BCUT2D eigenvalue weighted by Gasteiger charge is 2.60. The fourth-order valence-corrected chi connectivity index (χ4v) is 28.1. The van der Waals surface area contributed by atoms with E-state index in [0.29, 0.717) is 0 Å². The van der Waals surface area contributed by atoms with Crippen LogP contribution >= 0.6 is 33.2 Å². The molecule has 0 unspecified atom stereocenters. The van der Waals surface area contributed by atoms with E-state index in [1.165, 1.54) is 13.1 Å². The van der Waals surface area contributed by atoms with Crippen LogP contribution in [0.25, 0.3) is 0 Å². The molecule has 0 aromatic carbocycles. The van der Waals surface area contributed by atoms with E-state index >= 15 is 0 Å². The van der Waals surface area contributed by atoms with Crippen molar-refractivity contribution in [1.82, 2.24) is 0 Å². The maximum atomic E-state index is 13.5. The van der Waals surface area contributed by atoms with Crippen molar-refractivity contribution in [2.45, 2.75) is 70.5 Å². The van der Waals surface area contributed by atoms with Crippen LogP contribution in [-0.4, -0.2) is 52.3 Å². The summed E-state index contributed by atoms with van der Waals surface area (Å²) in [6.45, 7) is 12.4. The van der Waals surface area contributed by atoms with Crippen molar-refractivity contribution >= 4 is 73.5 Å². The third-order valence-corrected chi connectivity index (χ3v) is 21.2. The molecule has 28 heavy (non-hydrogen) atoms. The summed E-state index contributed by atoms with van der Waals surface area (Å²) in [5.74, 6) is -4.83. The highest BCUT2D eigenvalue weighted by atomic mass is 35.8. The van der Waals surface area contributed by atoms with Gasteiger partial charge in [-0.2, -0.15) is 22.0 Å². The van der Waals surface area contributed by atoms with E-state index in [2.05, 4.69) is 0 Å². The van der Waals surface area contributed by atoms with Crippen molar-refractivity contribution in [3.63, 3.8) is 0 Å². The van der Waals surface area contributed by atoms with Crippen LogP contribution in [-0.2, 0) is 16.5 Å². The van der Waals surface area contributed by atoms with Crippen molar-refractivity contribution in [1.29, 1.82) is 0 Å².